The molecule has 92 valence electrons. The molecule has 0 aliphatic rings. The van der Waals surface area contributed by atoms with Crippen LogP contribution in [0.3, 0.4) is 0 Å². The molecule has 1 N–H and O–H groups in total. The molecule has 0 bridgehead atoms. The van der Waals surface area contributed by atoms with Crippen LogP contribution in [0.1, 0.15) is 23.7 Å². The maximum absolute atomic E-state index is 4.31. The minimum Gasteiger partial charge on any atom is -0.312 e. The van der Waals surface area contributed by atoms with Crippen LogP contribution in [-0.4, -0.2) is 21.8 Å². The number of aromatic nitrogens is 3. The second-order valence-electron chi connectivity index (χ2n) is 3.70. The summed E-state index contributed by atoms with van der Waals surface area (Å²) in [5.74, 6) is 1.02. The predicted molar refractivity (Wildman–Crippen MR) is 73.2 cm³/mol. The molecule has 0 spiro atoms. The number of hydrogen-bond acceptors (Lipinski definition) is 4. The van der Waals surface area contributed by atoms with E-state index in [2.05, 4.69) is 49.7 Å². The molecular formula is C11H15BrN4S. The lowest BCUT2D eigenvalue weighted by atomic mass is 10.1. The molecule has 0 fully saturated rings. The van der Waals surface area contributed by atoms with E-state index in [0.29, 0.717) is 6.04 Å². The van der Waals surface area contributed by atoms with Gasteiger partial charge in [-0.2, -0.15) is 5.10 Å². The fourth-order valence-corrected chi connectivity index (χ4v) is 3.30. The number of nitrogens with zero attached hydrogens (tertiary/aromatic N) is 3. The van der Waals surface area contributed by atoms with Crippen LogP contribution in [0.15, 0.2) is 22.2 Å². The van der Waals surface area contributed by atoms with E-state index in [1.165, 1.54) is 4.88 Å². The molecule has 2 aromatic rings. The first-order chi connectivity index (χ1) is 8.24. The molecule has 0 aliphatic heterocycles. The van der Waals surface area contributed by atoms with Crippen LogP contribution in [0.2, 0.25) is 0 Å². The van der Waals surface area contributed by atoms with Gasteiger partial charge in [0.2, 0.25) is 0 Å². The lowest BCUT2D eigenvalue weighted by molar-refractivity contribution is 0.539. The molecule has 1 atom stereocenters. The number of likely N-dealkylation sites (N-methyl/N-ethyl adjacent to an activating group) is 1. The SMILES string of the molecule is CCn1ncnc1CC(NC)c1cc(Br)cs1. The summed E-state index contributed by atoms with van der Waals surface area (Å²) in [6.07, 6.45) is 2.48. The summed E-state index contributed by atoms with van der Waals surface area (Å²) in [6.45, 7) is 2.94. The summed E-state index contributed by atoms with van der Waals surface area (Å²) in [5, 5.41) is 9.62. The third-order valence-electron chi connectivity index (χ3n) is 2.66. The van der Waals surface area contributed by atoms with Crippen LogP contribution in [0, 0.1) is 0 Å². The maximum Gasteiger partial charge on any atom is 0.138 e. The zero-order valence-corrected chi connectivity index (χ0v) is 12.3. The highest BCUT2D eigenvalue weighted by atomic mass is 79.9. The Balaban J connectivity index is 2.15. The topological polar surface area (TPSA) is 42.7 Å². The number of halogens is 1. The summed E-state index contributed by atoms with van der Waals surface area (Å²) in [7, 11) is 1.98. The number of rotatable bonds is 5. The van der Waals surface area contributed by atoms with E-state index in [1.807, 2.05) is 11.7 Å². The first-order valence-corrected chi connectivity index (χ1v) is 7.19. The second kappa shape index (κ2) is 5.75. The van der Waals surface area contributed by atoms with Crippen LogP contribution >= 0.6 is 27.3 Å². The van der Waals surface area contributed by atoms with Crippen molar-refractivity contribution in [2.24, 2.45) is 0 Å². The van der Waals surface area contributed by atoms with Gasteiger partial charge in [0.15, 0.2) is 0 Å². The third-order valence-corrected chi connectivity index (χ3v) is 4.47. The van der Waals surface area contributed by atoms with Crippen LogP contribution in [0.5, 0.6) is 0 Å². The quantitative estimate of drug-likeness (QED) is 0.922. The zero-order chi connectivity index (χ0) is 12.3. The first kappa shape index (κ1) is 12.7. The average molecular weight is 315 g/mol. The van der Waals surface area contributed by atoms with Crippen molar-refractivity contribution in [1.29, 1.82) is 0 Å². The Kier molecular flexibility index (Phi) is 4.31. The first-order valence-electron chi connectivity index (χ1n) is 5.52. The summed E-state index contributed by atoms with van der Waals surface area (Å²) in [5.41, 5.74) is 0. The smallest absolute Gasteiger partial charge is 0.138 e. The van der Waals surface area contributed by atoms with Gasteiger partial charge in [-0.15, -0.1) is 11.3 Å². The van der Waals surface area contributed by atoms with Gasteiger partial charge < -0.3 is 5.32 Å². The number of aryl methyl sites for hydroxylation is 1. The molecule has 2 heterocycles. The van der Waals surface area contributed by atoms with Crippen molar-refractivity contribution in [2.45, 2.75) is 25.9 Å². The van der Waals surface area contributed by atoms with E-state index >= 15 is 0 Å². The molecule has 2 rings (SSSR count). The normalized spacial score (nSPS) is 12.9. The Bertz CT molecular complexity index is 479. The molecule has 6 heteroatoms. The highest BCUT2D eigenvalue weighted by molar-refractivity contribution is 9.10. The van der Waals surface area contributed by atoms with Crippen molar-refractivity contribution in [3.8, 4) is 0 Å². The van der Waals surface area contributed by atoms with Gasteiger partial charge in [-0.25, -0.2) is 4.98 Å². The van der Waals surface area contributed by atoms with Crippen molar-refractivity contribution >= 4 is 27.3 Å². The maximum atomic E-state index is 4.31. The summed E-state index contributed by atoms with van der Waals surface area (Å²) in [6, 6.07) is 2.44. The fourth-order valence-electron chi connectivity index (χ4n) is 1.75. The highest BCUT2D eigenvalue weighted by Gasteiger charge is 2.15. The lowest BCUT2D eigenvalue weighted by Crippen LogP contribution is -2.20. The Morgan fingerprint density at radius 2 is 2.41 bits per heavy atom. The molecule has 0 saturated heterocycles. The van der Waals surface area contributed by atoms with Gasteiger partial charge in [-0.1, -0.05) is 0 Å². The van der Waals surface area contributed by atoms with Crippen LogP contribution in [0.25, 0.3) is 0 Å². The molecule has 17 heavy (non-hydrogen) atoms. The van der Waals surface area contributed by atoms with E-state index in [0.717, 1.165) is 23.3 Å². The standard InChI is InChI=1S/C11H15BrN4S/c1-3-16-11(14-7-15-16)5-9(13-2)10-4-8(12)6-17-10/h4,6-7,9,13H,3,5H2,1-2H3. The lowest BCUT2D eigenvalue weighted by Gasteiger charge is -2.14. The molecule has 0 aliphatic carbocycles. The highest BCUT2D eigenvalue weighted by Crippen LogP contribution is 2.27. The molecule has 4 nitrogen and oxygen atoms in total. The molecule has 0 radical (unpaired) electrons. The van der Waals surface area contributed by atoms with Gasteiger partial charge in [-0.05, 0) is 36.0 Å². The summed E-state index contributed by atoms with van der Waals surface area (Å²) in [4.78, 5) is 5.62. The Hall–Kier alpha value is -0.720. The van der Waals surface area contributed by atoms with E-state index in [1.54, 1.807) is 17.7 Å². The summed E-state index contributed by atoms with van der Waals surface area (Å²) >= 11 is 5.24. The van der Waals surface area contributed by atoms with Crippen molar-refractivity contribution < 1.29 is 0 Å². The number of thiophene rings is 1. The average Bonchev–Trinajstić information content (AvgIpc) is 2.94. The summed E-state index contributed by atoms with van der Waals surface area (Å²) < 4.78 is 3.07. The Morgan fingerprint density at radius 3 is 3.00 bits per heavy atom. The number of hydrogen-bond donors (Lipinski definition) is 1. The van der Waals surface area contributed by atoms with Gasteiger partial charge in [0.25, 0.3) is 0 Å². The van der Waals surface area contributed by atoms with E-state index < -0.39 is 0 Å². The van der Waals surface area contributed by atoms with E-state index in [4.69, 9.17) is 0 Å². The molecular weight excluding hydrogens is 300 g/mol. The van der Waals surface area contributed by atoms with Gasteiger partial charge in [0, 0.05) is 33.7 Å². The molecule has 2 aromatic heterocycles. The Labute approximate surface area is 113 Å². The molecule has 1 unspecified atom stereocenters. The van der Waals surface area contributed by atoms with Crippen molar-refractivity contribution in [2.75, 3.05) is 7.05 Å². The minimum absolute atomic E-state index is 0.292. The van der Waals surface area contributed by atoms with Gasteiger partial charge in [-0.3, -0.25) is 4.68 Å². The second-order valence-corrected chi connectivity index (χ2v) is 5.56. The zero-order valence-electron chi connectivity index (χ0n) is 9.85. The monoisotopic (exact) mass is 314 g/mol. The van der Waals surface area contributed by atoms with Gasteiger partial charge in [0.1, 0.15) is 12.2 Å². The largest absolute Gasteiger partial charge is 0.312 e. The molecule has 0 saturated carbocycles. The van der Waals surface area contributed by atoms with Crippen molar-refractivity contribution in [1.82, 2.24) is 20.1 Å². The van der Waals surface area contributed by atoms with Crippen molar-refractivity contribution in [3.63, 3.8) is 0 Å². The van der Waals surface area contributed by atoms with Crippen LogP contribution in [0.4, 0.5) is 0 Å². The minimum atomic E-state index is 0.292. The van der Waals surface area contributed by atoms with E-state index in [9.17, 15) is 0 Å². The van der Waals surface area contributed by atoms with Crippen LogP contribution < -0.4 is 5.32 Å². The van der Waals surface area contributed by atoms with Crippen molar-refractivity contribution in [3.05, 3.63) is 32.9 Å². The van der Waals surface area contributed by atoms with Crippen LogP contribution in [-0.2, 0) is 13.0 Å². The molecule has 0 aromatic carbocycles. The van der Waals surface area contributed by atoms with E-state index in [-0.39, 0.29) is 0 Å². The Morgan fingerprint density at radius 1 is 1.59 bits per heavy atom. The third kappa shape index (κ3) is 2.94. The fraction of sp³-hybridized carbons (Fsp3) is 0.455. The van der Waals surface area contributed by atoms with Gasteiger partial charge in [0.05, 0.1) is 0 Å². The number of nitrogens with one attached hydrogen (secondary N) is 1. The molecule has 0 amide bonds. The van der Waals surface area contributed by atoms with Gasteiger partial charge >= 0.3 is 0 Å². The predicted octanol–water partition coefficient (Wildman–Crippen LogP) is 2.63.